The smallest absolute Gasteiger partial charge is 0.0753 e. The normalized spacial score (nSPS) is 10.6. The van der Waals surface area contributed by atoms with Crippen LogP contribution < -0.4 is 5.32 Å². The highest BCUT2D eigenvalue weighted by Crippen LogP contribution is 2.29. The van der Waals surface area contributed by atoms with Gasteiger partial charge in [-0.3, -0.25) is 9.97 Å². The van der Waals surface area contributed by atoms with E-state index in [1.54, 1.807) is 12.4 Å². The Labute approximate surface area is 119 Å². The third kappa shape index (κ3) is 2.31. The molecule has 0 spiro atoms. The third-order valence-corrected chi connectivity index (χ3v) is 3.94. The molecule has 3 aromatic rings. The second-order valence-electron chi connectivity index (χ2n) is 4.29. The molecule has 0 radical (unpaired) electrons. The minimum Gasteiger partial charge on any atom is -0.355 e. The molecule has 2 aromatic heterocycles. The first-order valence-electron chi connectivity index (χ1n) is 5.96. The molecule has 0 saturated carbocycles. The Hall–Kier alpha value is -1.94. The standard InChI is InChI=1S/C15H12BrN3/c1-10-12(16)3-2-4-13(10)19-15-6-8-18-14-5-7-17-9-11(14)15/h2-9H,1H3,(H,18,19). The highest BCUT2D eigenvalue weighted by atomic mass is 79.9. The summed E-state index contributed by atoms with van der Waals surface area (Å²) in [7, 11) is 0. The highest BCUT2D eigenvalue weighted by Gasteiger charge is 2.05. The molecule has 3 nitrogen and oxygen atoms in total. The van der Waals surface area contributed by atoms with E-state index in [0.717, 1.165) is 26.8 Å². The molecule has 0 aliphatic carbocycles. The van der Waals surface area contributed by atoms with Crippen LogP contribution in [0.4, 0.5) is 11.4 Å². The van der Waals surface area contributed by atoms with Gasteiger partial charge in [0.25, 0.3) is 0 Å². The second-order valence-corrected chi connectivity index (χ2v) is 5.14. The number of hydrogen-bond acceptors (Lipinski definition) is 3. The van der Waals surface area contributed by atoms with Crippen LogP contribution >= 0.6 is 15.9 Å². The van der Waals surface area contributed by atoms with Crippen LogP contribution in [0.2, 0.25) is 0 Å². The van der Waals surface area contributed by atoms with E-state index in [9.17, 15) is 0 Å². The van der Waals surface area contributed by atoms with Crippen LogP contribution in [-0.4, -0.2) is 9.97 Å². The number of halogens is 1. The molecule has 0 atom stereocenters. The summed E-state index contributed by atoms with van der Waals surface area (Å²) in [5.41, 5.74) is 4.20. The van der Waals surface area contributed by atoms with Gasteiger partial charge in [-0.05, 0) is 36.8 Å². The van der Waals surface area contributed by atoms with Crippen LogP contribution in [0.3, 0.4) is 0 Å². The SMILES string of the molecule is Cc1c(Br)cccc1Nc1ccnc2ccncc12. The minimum atomic E-state index is 0.938. The molecule has 2 heterocycles. The fourth-order valence-electron chi connectivity index (χ4n) is 1.99. The van der Waals surface area contributed by atoms with Gasteiger partial charge < -0.3 is 5.32 Å². The number of pyridine rings is 2. The van der Waals surface area contributed by atoms with Crippen LogP contribution in [0, 0.1) is 6.92 Å². The Balaban J connectivity index is 2.09. The van der Waals surface area contributed by atoms with Gasteiger partial charge in [-0.1, -0.05) is 22.0 Å². The summed E-state index contributed by atoms with van der Waals surface area (Å²) in [4.78, 5) is 8.50. The van der Waals surface area contributed by atoms with E-state index < -0.39 is 0 Å². The van der Waals surface area contributed by atoms with Crippen LogP contribution in [0.1, 0.15) is 5.56 Å². The van der Waals surface area contributed by atoms with Crippen LogP contribution in [-0.2, 0) is 0 Å². The summed E-state index contributed by atoms with van der Waals surface area (Å²) in [6.45, 7) is 2.08. The molecule has 0 saturated heterocycles. The zero-order chi connectivity index (χ0) is 13.2. The van der Waals surface area contributed by atoms with Crippen LogP contribution in [0.15, 0.2) is 53.4 Å². The van der Waals surface area contributed by atoms with Crippen molar-refractivity contribution in [1.29, 1.82) is 0 Å². The zero-order valence-corrected chi connectivity index (χ0v) is 12.0. The fraction of sp³-hybridized carbons (Fsp3) is 0.0667. The number of rotatable bonds is 2. The van der Waals surface area contributed by atoms with Crippen molar-refractivity contribution in [3.8, 4) is 0 Å². The molecule has 3 rings (SSSR count). The zero-order valence-electron chi connectivity index (χ0n) is 10.4. The second kappa shape index (κ2) is 4.97. The van der Waals surface area contributed by atoms with E-state index in [1.807, 2.05) is 30.5 Å². The molecule has 19 heavy (non-hydrogen) atoms. The van der Waals surface area contributed by atoms with Crippen molar-refractivity contribution in [2.24, 2.45) is 0 Å². The summed E-state index contributed by atoms with van der Waals surface area (Å²) in [6, 6.07) is 9.98. The van der Waals surface area contributed by atoms with Gasteiger partial charge in [0.2, 0.25) is 0 Å². The third-order valence-electron chi connectivity index (χ3n) is 3.08. The molecule has 94 valence electrons. The molecule has 4 heteroatoms. The number of aromatic nitrogens is 2. The Morgan fingerprint density at radius 2 is 1.95 bits per heavy atom. The average molecular weight is 314 g/mol. The van der Waals surface area contributed by atoms with Gasteiger partial charge in [0, 0.05) is 34.1 Å². The van der Waals surface area contributed by atoms with E-state index in [-0.39, 0.29) is 0 Å². The van der Waals surface area contributed by atoms with Crippen molar-refractivity contribution in [2.75, 3.05) is 5.32 Å². The van der Waals surface area contributed by atoms with Crippen LogP contribution in [0.5, 0.6) is 0 Å². The van der Waals surface area contributed by atoms with Gasteiger partial charge in [0.05, 0.1) is 11.2 Å². The Morgan fingerprint density at radius 1 is 1.05 bits per heavy atom. The maximum atomic E-state index is 4.33. The molecular weight excluding hydrogens is 302 g/mol. The lowest BCUT2D eigenvalue weighted by Gasteiger charge is -2.12. The summed E-state index contributed by atoms with van der Waals surface area (Å²) in [5, 5.41) is 4.46. The van der Waals surface area contributed by atoms with Gasteiger partial charge in [0.15, 0.2) is 0 Å². The molecule has 0 amide bonds. The molecule has 1 aromatic carbocycles. The molecule has 1 N–H and O–H groups in total. The van der Waals surface area contributed by atoms with E-state index in [0.29, 0.717) is 0 Å². The highest BCUT2D eigenvalue weighted by molar-refractivity contribution is 9.10. The topological polar surface area (TPSA) is 37.8 Å². The maximum absolute atomic E-state index is 4.33. The van der Waals surface area contributed by atoms with E-state index in [2.05, 4.69) is 44.2 Å². The van der Waals surface area contributed by atoms with Gasteiger partial charge >= 0.3 is 0 Å². The Morgan fingerprint density at radius 3 is 2.84 bits per heavy atom. The monoisotopic (exact) mass is 313 g/mol. The number of benzene rings is 1. The fourth-order valence-corrected chi connectivity index (χ4v) is 2.35. The minimum absolute atomic E-state index is 0.938. The lowest BCUT2D eigenvalue weighted by atomic mass is 10.1. The molecular formula is C15H12BrN3. The van der Waals surface area contributed by atoms with Gasteiger partial charge in [-0.2, -0.15) is 0 Å². The van der Waals surface area contributed by atoms with Gasteiger partial charge in [0.1, 0.15) is 0 Å². The van der Waals surface area contributed by atoms with Crippen molar-refractivity contribution < 1.29 is 0 Å². The maximum Gasteiger partial charge on any atom is 0.0753 e. The Kier molecular flexibility index (Phi) is 3.17. The molecule has 0 aliphatic rings. The van der Waals surface area contributed by atoms with Gasteiger partial charge in [-0.15, -0.1) is 0 Å². The predicted octanol–water partition coefficient (Wildman–Crippen LogP) is 4.44. The van der Waals surface area contributed by atoms with Crippen molar-refractivity contribution >= 4 is 38.2 Å². The van der Waals surface area contributed by atoms with E-state index in [4.69, 9.17) is 0 Å². The van der Waals surface area contributed by atoms with Crippen molar-refractivity contribution in [3.63, 3.8) is 0 Å². The molecule has 0 fully saturated rings. The molecule has 0 bridgehead atoms. The number of fused-ring (bicyclic) bond motifs is 1. The molecule has 0 aliphatic heterocycles. The summed E-state index contributed by atoms with van der Waals surface area (Å²) >= 11 is 3.54. The summed E-state index contributed by atoms with van der Waals surface area (Å²) in [6.07, 6.45) is 5.39. The first-order valence-corrected chi connectivity index (χ1v) is 6.76. The number of nitrogens with zero attached hydrogens (tertiary/aromatic N) is 2. The van der Waals surface area contributed by atoms with E-state index >= 15 is 0 Å². The molecule has 0 unspecified atom stereocenters. The van der Waals surface area contributed by atoms with Crippen molar-refractivity contribution in [1.82, 2.24) is 9.97 Å². The number of anilines is 2. The Bertz CT molecular complexity index is 735. The lowest BCUT2D eigenvalue weighted by Crippen LogP contribution is -1.95. The largest absolute Gasteiger partial charge is 0.355 e. The number of hydrogen-bond donors (Lipinski definition) is 1. The first-order chi connectivity index (χ1) is 9.25. The quantitative estimate of drug-likeness (QED) is 0.759. The number of nitrogens with one attached hydrogen (secondary N) is 1. The van der Waals surface area contributed by atoms with Gasteiger partial charge in [-0.25, -0.2) is 0 Å². The van der Waals surface area contributed by atoms with Crippen LogP contribution in [0.25, 0.3) is 10.9 Å². The summed E-state index contributed by atoms with van der Waals surface area (Å²) in [5.74, 6) is 0. The average Bonchev–Trinajstić information content (AvgIpc) is 2.44. The predicted molar refractivity (Wildman–Crippen MR) is 81.7 cm³/mol. The lowest BCUT2D eigenvalue weighted by molar-refractivity contribution is 1.32. The first kappa shape index (κ1) is 12.1. The van der Waals surface area contributed by atoms with Crippen molar-refractivity contribution in [3.05, 3.63) is 59.0 Å². The van der Waals surface area contributed by atoms with Crippen molar-refractivity contribution in [2.45, 2.75) is 6.92 Å². The summed E-state index contributed by atoms with van der Waals surface area (Å²) < 4.78 is 1.09. The van der Waals surface area contributed by atoms with E-state index in [1.165, 1.54) is 5.56 Å².